The fourth-order valence-electron chi connectivity index (χ4n) is 3.87. The summed E-state index contributed by atoms with van der Waals surface area (Å²) in [5, 5.41) is 26.4. The highest BCUT2D eigenvalue weighted by Gasteiger charge is 2.20. The number of nitrogens with zero attached hydrogens (tertiary/aromatic N) is 1. The van der Waals surface area contributed by atoms with E-state index in [1.807, 2.05) is 37.3 Å². The zero-order chi connectivity index (χ0) is 24.7. The van der Waals surface area contributed by atoms with Gasteiger partial charge in [0, 0.05) is 36.0 Å². The lowest BCUT2D eigenvalue weighted by Crippen LogP contribution is -2.43. The topological polar surface area (TPSA) is 120 Å². The van der Waals surface area contributed by atoms with E-state index < -0.39 is 6.10 Å². The van der Waals surface area contributed by atoms with Crippen molar-refractivity contribution in [1.29, 1.82) is 0 Å². The average Bonchev–Trinajstić information content (AvgIpc) is 2.79. The molecule has 0 bridgehead atoms. The van der Waals surface area contributed by atoms with Crippen LogP contribution in [-0.4, -0.2) is 39.7 Å². The van der Waals surface area contributed by atoms with E-state index in [9.17, 15) is 15.0 Å². The molecule has 1 aromatic heterocycles. The molecule has 3 aromatic rings. The lowest BCUT2D eigenvalue weighted by Gasteiger charge is -2.28. The van der Waals surface area contributed by atoms with Gasteiger partial charge < -0.3 is 26.6 Å². The van der Waals surface area contributed by atoms with Gasteiger partial charge in [-0.2, -0.15) is 0 Å². The number of phenolic OH excluding ortho intramolecular Hbond substituents is 1. The molecule has 6 N–H and O–H groups in total. The summed E-state index contributed by atoms with van der Waals surface area (Å²) in [4.78, 5) is 16.7. The molecule has 0 radical (unpaired) electrons. The molecule has 7 heteroatoms. The van der Waals surface area contributed by atoms with Gasteiger partial charge in [-0.25, -0.2) is 4.98 Å². The first kappa shape index (κ1) is 25.2. The molecule has 0 fully saturated rings. The van der Waals surface area contributed by atoms with E-state index in [0.29, 0.717) is 42.9 Å². The van der Waals surface area contributed by atoms with Gasteiger partial charge in [-0.15, -0.1) is 0 Å². The van der Waals surface area contributed by atoms with Crippen molar-refractivity contribution in [2.24, 2.45) is 0 Å². The van der Waals surface area contributed by atoms with Crippen LogP contribution in [0.3, 0.4) is 0 Å². The number of rotatable bonds is 10. The molecule has 1 amide bonds. The summed E-state index contributed by atoms with van der Waals surface area (Å²) in [6, 6.07) is 16.3. The number of aryl methyl sites for hydroxylation is 1. The smallest absolute Gasteiger partial charge is 0.251 e. The molecule has 0 unspecified atom stereocenters. The number of nitrogen functional groups attached to an aromatic ring is 1. The Balaban J connectivity index is 1.52. The van der Waals surface area contributed by atoms with Crippen molar-refractivity contribution >= 4 is 11.7 Å². The molecule has 0 aliphatic carbocycles. The van der Waals surface area contributed by atoms with E-state index in [2.05, 4.69) is 29.5 Å². The number of anilines is 1. The van der Waals surface area contributed by atoms with Crippen LogP contribution in [0.5, 0.6) is 5.75 Å². The number of β-amino-alcohol motifs (C(OH)–C–C–N with tert-alkyl or cyclic N) is 1. The number of nitrogens with two attached hydrogens (primary N) is 1. The standard InChI is InChI=1S/C27H34N4O3/c1-18-13-23(32)9-7-20(18)11-12-29-26(34)21-6-4-5-19(14-21)15-27(2,3)31-17-24(33)22-8-10-25(28)30-16-22/h4-10,13-14,16,24,31-33H,11-12,15,17H2,1-3H3,(H2,28,30)(H,29,34)/t24-/m0/s1. The third kappa shape index (κ3) is 7.30. The molecule has 7 nitrogen and oxygen atoms in total. The van der Waals surface area contributed by atoms with E-state index in [-0.39, 0.29) is 17.2 Å². The van der Waals surface area contributed by atoms with Crippen LogP contribution >= 0.6 is 0 Å². The number of carbonyl (C=O) groups is 1. The molecule has 0 saturated heterocycles. The van der Waals surface area contributed by atoms with Gasteiger partial charge in [0.05, 0.1) is 6.10 Å². The summed E-state index contributed by atoms with van der Waals surface area (Å²) in [6.07, 6.45) is 2.27. The Bertz CT molecular complexity index is 1110. The number of amides is 1. The minimum absolute atomic E-state index is 0.115. The summed E-state index contributed by atoms with van der Waals surface area (Å²) in [5.74, 6) is 0.551. The van der Waals surface area contributed by atoms with Crippen molar-refractivity contribution in [3.63, 3.8) is 0 Å². The maximum Gasteiger partial charge on any atom is 0.251 e. The Morgan fingerprint density at radius 1 is 1.15 bits per heavy atom. The quantitative estimate of drug-likeness (QED) is 0.315. The van der Waals surface area contributed by atoms with Crippen molar-refractivity contribution in [3.05, 3.63) is 88.6 Å². The predicted molar refractivity (Wildman–Crippen MR) is 135 cm³/mol. The molecule has 1 heterocycles. The van der Waals surface area contributed by atoms with Crippen molar-refractivity contribution in [3.8, 4) is 5.75 Å². The van der Waals surface area contributed by atoms with E-state index in [4.69, 9.17) is 5.73 Å². The highest BCUT2D eigenvalue weighted by atomic mass is 16.3. The molecule has 0 saturated carbocycles. The normalized spacial score (nSPS) is 12.4. The van der Waals surface area contributed by atoms with Gasteiger partial charge in [0.25, 0.3) is 5.91 Å². The Labute approximate surface area is 201 Å². The first-order chi connectivity index (χ1) is 16.1. The summed E-state index contributed by atoms with van der Waals surface area (Å²) >= 11 is 0. The second-order valence-electron chi connectivity index (χ2n) is 9.29. The first-order valence-electron chi connectivity index (χ1n) is 11.4. The molecule has 3 rings (SSSR count). The van der Waals surface area contributed by atoms with Crippen LogP contribution < -0.4 is 16.4 Å². The van der Waals surface area contributed by atoms with Crippen molar-refractivity contribution in [2.75, 3.05) is 18.8 Å². The van der Waals surface area contributed by atoms with Gasteiger partial charge in [-0.1, -0.05) is 24.3 Å². The van der Waals surface area contributed by atoms with Crippen LogP contribution in [0.25, 0.3) is 0 Å². The van der Waals surface area contributed by atoms with Gasteiger partial charge in [-0.05, 0) is 80.6 Å². The van der Waals surface area contributed by atoms with Crippen molar-refractivity contribution < 1.29 is 15.0 Å². The highest BCUT2D eigenvalue weighted by Crippen LogP contribution is 2.18. The van der Waals surface area contributed by atoms with Crippen molar-refractivity contribution in [1.82, 2.24) is 15.6 Å². The van der Waals surface area contributed by atoms with Crippen LogP contribution in [0.2, 0.25) is 0 Å². The van der Waals surface area contributed by atoms with E-state index in [1.54, 1.807) is 30.5 Å². The Morgan fingerprint density at radius 3 is 2.65 bits per heavy atom. The maximum atomic E-state index is 12.7. The summed E-state index contributed by atoms with van der Waals surface area (Å²) < 4.78 is 0. The van der Waals surface area contributed by atoms with E-state index >= 15 is 0 Å². The number of aliphatic hydroxyl groups is 1. The molecule has 2 aromatic carbocycles. The number of nitrogens with one attached hydrogen (secondary N) is 2. The monoisotopic (exact) mass is 462 g/mol. The van der Waals surface area contributed by atoms with Gasteiger partial charge in [0.2, 0.25) is 0 Å². The Hall–Kier alpha value is -3.42. The number of aromatic nitrogens is 1. The summed E-state index contributed by atoms with van der Waals surface area (Å²) in [5.41, 5.74) is 9.76. The molecule has 180 valence electrons. The second kappa shape index (κ2) is 11.1. The number of benzene rings is 2. The largest absolute Gasteiger partial charge is 0.508 e. The van der Waals surface area contributed by atoms with Crippen LogP contribution in [0.4, 0.5) is 5.82 Å². The average molecular weight is 463 g/mol. The van der Waals surface area contributed by atoms with Gasteiger partial charge in [0.1, 0.15) is 11.6 Å². The molecular weight excluding hydrogens is 428 g/mol. The molecule has 0 aliphatic heterocycles. The maximum absolute atomic E-state index is 12.7. The van der Waals surface area contributed by atoms with Crippen LogP contribution in [0.1, 0.15) is 52.6 Å². The number of carbonyl (C=O) groups excluding carboxylic acids is 1. The minimum Gasteiger partial charge on any atom is -0.508 e. The molecular formula is C27H34N4O3. The summed E-state index contributed by atoms with van der Waals surface area (Å²) in [7, 11) is 0. The number of pyridine rings is 1. The van der Waals surface area contributed by atoms with Crippen LogP contribution in [-0.2, 0) is 12.8 Å². The third-order valence-electron chi connectivity index (χ3n) is 5.81. The second-order valence-corrected chi connectivity index (χ2v) is 9.29. The fraction of sp³-hybridized carbons (Fsp3) is 0.333. The van der Waals surface area contributed by atoms with Gasteiger partial charge >= 0.3 is 0 Å². The zero-order valence-electron chi connectivity index (χ0n) is 20.0. The Kier molecular flexibility index (Phi) is 8.26. The fourth-order valence-corrected chi connectivity index (χ4v) is 3.87. The lowest BCUT2D eigenvalue weighted by molar-refractivity contribution is 0.0954. The number of aliphatic hydroxyl groups excluding tert-OH is 1. The van der Waals surface area contributed by atoms with Crippen LogP contribution in [0.15, 0.2) is 60.8 Å². The minimum atomic E-state index is -0.693. The lowest BCUT2D eigenvalue weighted by atomic mass is 9.93. The third-order valence-corrected chi connectivity index (χ3v) is 5.81. The van der Waals surface area contributed by atoms with Gasteiger partial charge in [-0.3, -0.25) is 4.79 Å². The van der Waals surface area contributed by atoms with E-state index in [1.165, 1.54) is 0 Å². The number of phenols is 1. The van der Waals surface area contributed by atoms with E-state index in [0.717, 1.165) is 16.7 Å². The number of hydrogen-bond acceptors (Lipinski definition) is 6. The number of aromatic hydroxyl groups is 1. The zero-order valence-corrected chi connectivity index (χ0v) is 20.0. The molecule has 0 spiro atoms. The van der Waals surface area contributed by atoms with Crippen LogP contribution in [0, 0.1) is 6.92 Å². The summed E-state index contributed by atoms with van der Waals surface area (Å²) in [6.45, 7) is 6.96. The predicted octanol–water partition coefficient (Wildman–Crippen LogP) is 3.29. The molecule has 0 aliphatic rings. The van der Waals surface area contributed by atoms with Gasteiger partial charge in [0.15, 0.2) is 0 Å². The molecule has 1 atom stereocenters. The first-order valence-corrected chi connectivity index (χ1v) is 11.4. The number of hydrogen-bond donors (Lipinski definition) is 5. The SMILES string of the molecule is Cc1cc(O)ccc1CCNC(=O)c1cccc(CC(C)(C)NC[C@H](O)c2ccc(N)nc2)c1. The Morgan fingerprint density at radius 2 is 1.94 bits per heavy atom. The van der Waals surface area contributed by atoms with Crippen molar-refractivity contribution in [2.45, 2.75) is 45.3 Å². The molecule has 34 heavy (non-hydrogen) atoms. The highest BCUT2D eigenvalue weighted by molar-refractivity contribution is 5.94.